The Hall–Kier alpha value is -0.430. The summed E-state index contributed by atoms with van der Waals surface area (Å²) in [7, 11) is -3.46. The summed E-state index contributed by atoms with van der Waals surface area (Å²) in [5.41, 5.74) is 0.759. The highest BCUT2D eigenvalue weighted by Crippen LogP contribution is 2.26. The average Bonchev–Trinajstić information content (AvgIpc) is 2.31. The van der Waals surface area contributed by atoms with Crippen LogP contribution in [0.5, 0.6) is 0 Å². The second-order valence-corrected chi connectivity index (χ2v) is 7.81. The maximum absolute atomic E-state index is 12.7. The minimum absolute atomic E-state index is 0.0778. The van der Waals surface area contributed by atoms with Crippen LogP contribution in [0.3, 0.4) is 0 Å². The molecule has 2 atom stereocenters. The molecule has 1 heterocycles. The molecule has 0 spiro atoms. The van der Waals surface area contributed by atoms with E-state index in [2.05, 4.69) is 15.9 Å². The molecule has 0 saturated carbocycles. The molecule has 1 aliphatic heterocycles. The maximum atomic E-state index is 12.7. The number of hydrogen-bond acceptors (Lipinski definition) is 3. The van der Waals surface area contributed by atoms with E-state index in [-0.39, 0.29) is 12.2 Å². The van der Waals surface area contributed by atoms with Gasteiger partial charge in [0.25, 0.3) is 0 Å². The Bertz CT molecular complexity index is 563. The molecule has 0 amide bonds. The lowest BCUT2D eigenvalue weighted by Gasteiger charge is -2.34. The number of aryl methyl sites for hydroxylation is 1. The number of hydrogen-bond donors (Lipinski definition) is 0. The Morgan fingerprint density at radius 2 is 1.84 bits per heavy atom. The highest BCUT2D eigenvalue weighted by molar-refractivity contribution is 9.10. The third kappa shape index (κ3) is 3.18. The van der Waals surface area contributed by atoms with E-state index in [1.807, 2.05) is 32.9 Å². The van der Waals surface area contributed by atoms with Crippen LogP contribution in [0, 0.1) is 6.92 Å². The molecule has 6 heteroatoms. The fourth-order valence-corrected chi connectivity index (χ4v) is 4.67. The molecule has 0 bridgehead atoms. The molecule has 106 valence electrons. The molecule has 0 N–H and O–H groups in total. The van der Waals surface area contributed by atoms with Crippen LogP contribution in [0.1, 0.15) is 19.4 Å². The summed E-state index contributed by atoms with van der Waals surface area (Å²) in [6.45, 7) is 6.40. The monoisotopic (exact) mass is 347 g/mol. The molecule has 0 radical (unpaired) electrons. The van der Waals surface area contributed by atoms with Crippen molar-refractivity contribution in [1.82, 2.24) is 4.31 Å². The molecule has 1 saturated heterocycles. The van der Waals surface area contributed by atoms with Crippen LogP contribution in [0.15, 0.2) is 27.6 Å². The van der Waals surface area contributed by atoms with Gasteiger partial charge in [0.1, 0.15) is 0 Å². The summed E-state index contributed by atoms with van der Waals surface area (Å²) in [5.74, 6) is 0. The standard InChI is InChI=1S/C13H18BrNO3S/c1-9-4-5-12(14)6-13(9)19(16,17)15-7-10(2)18-11(3)8-15/h4-6,10-11H,7-8H2,1-3H3/t10-,11-/m0/s1. The molecule has 2 rings (SSSR count). The molecule has 0 unspecified atom stereocenters. The molecule has 4 nitrogen and oxygen atoms in total. The Kier molecular flexibility index (Phi) is 4.35. The van der Waals surface area contributed by atoms with Gasteiger partial charge in [-0.3, -0.25) is 0 Å². The highest BCUT2D eigenvalue weighted by atomic mass is 79.9. The lowest BCUT2D eigenvalue weighted by Crippen LogP contribution is -2.48. The second kappa shape index (κ2) is 5.52. The predicted octanol–water partition coefficient (Wildman–Crippen LogP) is 2.56. The SMILES string of the molecule is Cc1ccc(Br)cc1S(=O)(=O)N1C[C@H](C)O[C@@H](C)C1. The normalized spacial score (nSPS) is 25.5. The van der Waals surface area contributed by atoms with E-state index < -0.39 is 10.0 Å². The van der Waals surface area contributed by atoms with Gasteiger partial charge in [-0.15, -0.1) is 0 Å². The molecule has 1 fully saturated rings. The molecule has 1 aromatic carbocycles. The first kappa shape index (κ1) is 15.0. The molecule has 1 aliphatic rings. The van der Waals surface area contributed by atoms with Gasteiger partial charge in [-0.2, -0.15) is 4.31 Å². The first-order valence-electron chi connectivity index (χ1n) is 6.22. The van der Waals surface area contributed by atoms with Gasteiger partial charge in [0, 0.05) is 17.6 Å². The molecular weight excluding hydrogens is 330 g/mol. The largest absolute Gasteiger partial charge is 0.373 e. The number of nitrogens with zero attached hydrogens (tertiary/aromatic N) is 1. The van der Waals surface area contributed by atoms with Crippen molar-refractivity contribution in [3.8, 4) is 0 Å². The van der Waals surface area contributed by atoms with E-state index in [1.54, 1.807) is 6.07 Å². The van der Waals surface area contributed by atoms with Gasteiger partial charge < -0.3 is 4.74 Å². The fourth-order valence-electron chi connectivity index (χ4n) is 2.32. The lowest BCUT2D eigenvalue weighted by atomic mass is 10.2. The van der Waals surface area contributed by atoms with Crippen molar-refractivity contribution in [3.05, 3.63) is 28.2 Å². The number of sulfonamides is 1. The number of benzene rings is 1. The van der Waals surface area contributed by atoms with Crippen LogP contribution in [0.2, 0.25) is 0 Å². The molecule has 0 aromatic heterocycles. The lowest BCUT2D eigenvalue weighted by molar-refractivity contribution is -0.0440. The van der Waals surface area contributed by atoms with E-state index in [4.69, 9.17) is 4.74 Å². The summed E-state index contributed by atoms with van der Waals surface area (Å²) in [4.78, 5) is 0.364. The van der Waals surface area contributed by atoms with E-state index in [0.29, 0.717) is 18.0 Å². The molecular formula is C13H18BrNO3S. The number of rotatable bonds is 2. The van der Waals surface area contributed by atoms with E-state index in [9.17, 15) is 8.42 Å². The zero-order valence-corrected chi connectivity index (χ0v) is 13.7. The fraction of sp³-hybridized carbons (Fsp3) is 0.538. The van der Waals surface area contributed by atoms with Crippen molar-refractivity contribution >= 4 is 26.0 Å². The van der Waals surface area contributed by atoms with Crippen LogP contribution in [-0.2, 0) is 14.8 Å². The van der Waals surface area contributed by atoms with Gasteiger partial charge in [0.2, 0.25) is 10.0 Å². The third-order valence-electron chi connectivity index (χ3n) is 3.15. The molecule has 0 aliphatic carbocycles. The molecule has 19 heavy (non-hydrogen) atoms. The van der Waals surface area contributed by atoms with Crippen LogP contribution < -0.4 is 0 Å². The summed E-state index contributed by atoms with van der Waals surface area (Å²) in [6.07, 6.45) is -0.156. The smallest absolute Gasteiger partial charge is 0.243 e. The van der Waals surface area contributed by atoms with Crippen molar-refractivity contribution in [1.29, 1.82) is 0 Å². The number of halogens is 1. The van der Waals surface area contributed by atoms with Gasteiger partial charge in [-0.1, -0.05) is 22.0 Å². The second-order valence-electron chi connectivity index (χ2n) is 4.99. The van der Waals surface area contributed by atoms with Crippen LogP contribution in [0.4, 0.5) is 0 Å². The van der Waals surface area contributed by atoms with E-state index >= 15 is 0 Å². The van der Waals surface area contributed by atoms with Gasteiger partial charge in [-0.25, -0.2) is 8.42 Å². The first-order chi connectivity index (χ1) is 8.80. The summed E-state index contributed by atoms with van der Waals surface area (Å²) in [6, 6.07) is 5.32. The van der Waals surface area contributed by atoms with Crippen LogP contribution in [-0.4, -0.2) is 38.0 Å². The first-order valence-corrected chi connectivity index (χ1v) is 8.46. The quantitative estimate of drug-likeness (QED) is 0.825. The van der Waals surface area contributed by atoms with Crippen molar-refractivity contribution < 1.29 is 13.2 Å². The zero-order valence-electron chi connectivity index (χ0n) is 11.3. The topological polar surface area (TPSA) is 46.6 Å². The van der Waals surface area contributed by atoms with Crippen molar-refractivity contribution in [3.63, 3.8) is 0 Å². The highest BCUT2D eigenvalue weighted by Gasteiger charge is 2.33. The summed E-state index contributed by atoms with van der Waals surface area (Å²) in [5, 5.41) is 0. The third-order valence-corrected chi connectivity index (χ3v) is 5.62. The van der Waals surface area contributed by atoms with E-state index in [0.717, 1.165) is 10.0 Å². The van der Waals surface area contributed by atoms with Crippen molar-refractivity contribution in [2.75, 3.05) is 13.1 Å². The Balaban J connectivity index is 2.39. The predicted molar refractivity (Wildman–Crippen MR) is 77.6 cm³/mol. The minimum atomic E-state index is -3.46. The number of morpholine rings is 1. The van der Waals surface area contributed by atoms with Gasteiger partial charge in [0.15, 0.2) is 0 Å². The minimum Gasteiger partial charge on any atom is -0.373 e. The molecule has 1 aromatic rings. The van der Waals surface area contributed by atoms with Crippen LogP contribution >= 0.6 is 15.9 Å². The Morgan fingerprint density at radius 1 is 1.26 bits per heavy atom. The van der Waals surface area contributed by atoms with Crippen LogP contribution in [0.25, 0.3) is 0 Å². The average molecular weight is 348 g/mol. The van der Waals surface area contributed by atoms with Gasteiger partial charge in [-0.05, 0) is 38.5 Å². The van der Waals surface area contributed by atoms with Gasteiger partial charge in [0.05, 0.1) is 17.1 Å². The van der Waals surface area contributed by atoms with Gasteiger partial charge >= 0.3 is 0 Å². The summed E-state index contributed by atoms with van der Waals surface area (Å²) >= 11 is 3.33. The van der Waals surface area contributed by atoms with E-state index in [1.165, 1.54) is 4.31 Å². The Labute approximate surface area is 122 Å². The zero-order chi connectivity index (χ0) is 14.2. The van der Waals surface area contributed by atoms with Crippen molar-refractivity contribution in [2.24, 2.45) is 0 Å². The van der Waals surface area contributed by atoms with Crippen molar-refractivity contribution in [2.45, 2.75) is 37.9 Å². The maximum Gasteiger partial charge on any atom is 0.243 e. The summed E-state index contributed by atoms with van der Waals surface area (Å²) < 4.78 is 33.3. The Morgan fingerprint density at radius 3 is 2.42 bits per heavy atom. The number of ether oxygens (including phenoxy) is 1.